The van der Waals surface area contributed by atoms with Gasteiger partial charge in [0, 0.05) is 17.9 Å². The Balaban J connectivity index is 2.71. The number of carbonyl (C=O) groups excluding carboxylic acids is 1. The van der Waals surface area contributed by atoms with Gasteiger partial charge in [-0.1, -0.05) is 6.07 Å². The van der Waals surface area contributed by atoms with Crippen LogP contribution >= 0.6 is 0 Å². The Kier molecular flexibility index (Phi) is 5.32. The van der Waals surface area contributed by atoms with Crippen LogP contribution in [-0.2, 0) is 4.79 Å². The number of aliphatic hydroxyl groups is 1. The maximum atomic E-state index is 12.1. The molecule has 0 fully saturated rings. The summed E-state index contributed by atoms with van der Waals surface area (Å²) >= 11 is 0. The van der Waals surface area contributed by atoms with Crippen LogP contribution in [0.2, 0.25) is 0 Å². The van der Waals surface area contributed by atoms with Crippen LogP contribution in [0.1, 0.15) is 19.4 Å². The summed E-state index contributed by atoms with van der Waals surface area (Å²) in [7, 11) is 1.81. The molecule has 0 aliphatic heterocycles. The normalized spacial score (nSPS) is 14.2. The summed E-state index contributed by atoms with van der Waals surface area (Å²) in [5.74, 6) is -0.114. The Labute approximate surface area is 114 Å². The molecule has 5 nitrogen and oxygen atoms in total. The van der Waals surface area contributed by atoms with Gasteiger partial charge in [0.25, 0.3) is 0 Å². The van der Waals surface area contributed by atoms with Gasteiger partial charge in [-0.15, -0.1) is 0 Å². The van der Waals surface area contributed by atoms with Crippen molar-refractivity contribution in [1.29, 1.82) is 0 Å². The Morgan fingerprint density at radius 2 is 2.11 bits per heavy atom. The molecule has 1 rings (SSSR count). The molecule has 1 amide bonds. The summed E-state index contributed by atoms with van der Waals surface area (Å²) in [6.07, 6.45) is -0.464. The molecule has 19 heavy (non-hydrogen) atoms. The molecule has 2 unspecified atom stereocenters. The standard InChI is InChI=1S/C14H23N3O2/c1-9(18)8-17(4)11(3)14(19)16-13-7-5-6-12(15)10(13)2/h5-7,9,11,18H,8,15H2,1-4H3,(H,16,19). The number of hydrogen-bond donors (Lipinski definition) is 3. The van der Waals surface area contributed by atoms with E-state index in [4.69, 9.17) is 5.73 Å². The molecule has 2 atom stereocenters. The first-order chi connectivity index (χ1) is 8.82. The van der Waals surface area contributed by atoms with Crippen LogP contribution in [0.25, 0.3) is 0 Å². The highest BCUT2D eigenvalue weighted by Gasteiger charge is 2.19. The number of anilines is 2. The van der Waals surface area contributed by atoms with Crippen LogP contribution in [-0.4, -0.2) is 41.7 Å². The van der Waals surface area contributed by atoms with E-state index in [0.29, 0.717) is 12.2 Å². The summed E-state index contributed by atoms with van der Waals surface area (Å²) in [6.45, 7) is 5.82. The number of carbonyl (C=O) groups is 1. The molecule has 1 aromatic carbocycles. The summed E-state index contributed by atoms with van der Waals surface area (Å²) in [5, 5.41) is 12.2. The third-order valence-electron chi connectivity index (χ3n) is 3.23. The van der Waals surface area contributed by atoms with E-state index in [2.05, 4.69) is 5.32 Å². The van der Waals surface area contributed by atoms with E-state index in [-0.39, 0.29) is 11.9 Å². The Bertz CT molecular complexity index is 446. The number of amides is 1. The van der Waals surface area contributed by atoms with E-state index in [9.17, 15) is 9.90 Å². The van der Waals surface area contributed by atoms with E-state index in [1.165, 1.54) is 0 Å². The van der Waals surface area contributed by atoms with Gasteiger partial charge in [-0.05, 0) is 45.5 Å². The van der Waals surface area contributed by atoms with E-state index in [1.807, 2.05) is 31.0 Å². The minimum absolute atomic E-state index is 0.114. The van der Waals surface area contributed by atoms with Crippen LogP contribution in [0.4, 0.5) is 11.4 Å². The van der Waals surface area contributed by atoms with Crippen molar-refractivity contribution in [3.63, 3.8) is 0 Å². The van der Waals surface area contributed by atoms with Gasteiger partial charge < -0.3 is 16.2 Å². The molecular formula is C14H23N3O2. The number of likely N-dealkylation sites (N-methyl/N-ethyl adjacent to an activating group) is 1. The summed E-state index contributed by atoms with van der Waals surface area (Å²) in [5.41, 5.74) is 8.05. The lowest BCUT2D eigenvalue weighted by atomic mass is 10.1. The van der Waals surface area contributed by atoms with Crippen LogP contribution in [0.5, 0.6) is 0 Å². The topological polar surface area (TPSA) is 78.6 Å². The minimum Gasteiger partial charge on any atom is -0.398 e. The lowest BCUT2D eigenvalue weighted by Gasteiger charge is -2.25. The number of benzene rings is 1. The third-order valence-corrected chi connectivity index (χ3v) is 3.23. The van der Waals surface area contributed by atoms with Gasteiger partial charge in [-0.25, -0.2) is 0 Å². The molecule has 0 saturated heterocycles. The third kappa shape index (κ3) is 4.22. The highest BCUT2D eigenvalue weighted by atomic mass is 16.3. The van der Waals surface area contributed by atoms with Crippen molar-refractivity contribution in [2.75, 3.05) is 24.6 Å². The maximum absolute atomic E-state index is 12.1. The first-order valence-corrected chi connectivity index (χ1v) is 6.37. The number of nitrogens with one attached hydrogen (secondary N) is 1. The SMILES string of the molecule is Cc1c(N)cccc1NC(=O)C(C)N(C)CC(C)O. The fourth-order valence-corrected chi connectivity index (χ4v) is 1.80. The van der Waals surface area contributed by atoms with Gasteiger partial charge in [0.1, 0.15) is 0 Å². The Morgan fingerprint density at radius 3 is 2.68 bits per heavy atom. The predicted molar refractivity (Wildman–Crippen MR) is 78.0 cm³/mol. The fraction of sp³-hybridized carbons (Fsp3) is 0.500. The summed E-state index contributed by atoms with van der Waals surface area (Å²) in [6, 6.07) is 5.11. The smallest absolute Gasteiger partial charge is 0.241 e. The average molecular weight is 265 g/mol. The van der Waals surface area contributed by atoms with Crippen molar-refractivity contribution in [3.8, 4) is 0 Å². The fourth-order valence-electron chi connectivity index (χ4n) is 1.80. The molecule has 0 aliphatic carbocycles. The van der Waals surface area contributed by atoms with E-state index in [0.717, 1.165) is 11.3 Å². The molecule has 5 heteroatoms. The van der Waals surface area contributed by atoms with Gasteiger partial charge in [0.2, 0.25) is 5.91 Å². The van der Waals surface area contributed by atoms with Gasteiger partial charge in [0.05, 0.1) is 12.1 Å². The molecule has 0 heterocycles. The summed E-state index contributed by atoms with van der Waals surface area (Å²) < 4.78 is 0. The lowest BCUT2D eigenvalue weighted by Crippen LogP contribution is -2.42. The molecule has 1 aromatic rings. The number of nitrogens with zero attached hydrogens (tertiary/aromatic N) is 1. The molecular weight excluding hydrogens is 242 g/mol. The number of aliphatic hydroxyl groups excluding tert-OH is 1. The van der Waals surface area contributed by atoms with Crippen LogP contribution in [0, 0.1) is 6.92 Å². The van der Waals surface area contributed by atoms with Crippen molar-refractivity contribution in [1.82, 2.24) is 4.90 Å². The first kappa shape index (κ1) is 15.5. The van der Waals surface area contributed by atoms with Crippen molar-refractivity contribution in [3.05, 3.63) is 23.8 Å². The maximum Gasteiger partial charge on any atom is 0.241 e. The van der Waals surface area contributed by atoms with Crippen LogP contribution in [0.3, 0.4) is 0 Å². The Hall–Kier alpha value is -1.59. The minimum atomic E-state index is -0.464. The van der Waals surface area contributed by atoms with Gasteiger partial charge in [-0.2, -0.15) is 0 Å². The van der Waals surface area contributed by atoms with Crippen LogP contribution < -0.4 is 11.1 Å². The molecule has 0 bridgehead atoms. The largest absolute Gasteiger partial charge is 0.398 e. The van der Waals surface area contributed by atoms with Crippen LogP contribution in [0.15, 0.2) is 18.2 Å². The number of hydrogen-bond acceptors (Lipinski definition) is 4. The van der Waals surface area contributed by atoms with Gasteiger partial charge in [-0.3, -0.25) is 9.69 Å². The monoisotopic (exact) mass is 265 g/mol. The van der Waals surface area contributed by atoms with Crippen molar-refractivity contribution in [2.45, 2.75) is 32.9 Å². The average Bonchev–Trinajstić information content (AvgIpc) is 2.33. The zero-order valence-corrected chi connectivity index (χ0v) is 12.0. The summed E-state index contributed by atoms with van der Waals surface area (Å²) in [4.78, 5) is 13.9. The molecule has 4 N–H and O–H groups in total. The lowest BCUT2D eigenvalue weighted by molar-refractivity contribution is -0.120. The molecule has 0 radical (unpaired) electrons. The van der Waals surface area contributed by atoms with E-state index < -0.39 is 6.10 Å². The second kappa shape index (κ2) is 6.54. The highest BCUT2D eigenvalue weighted by molar-refractivity contribution is 5.95. The number of rotatable bonds is 5. The number of nitrogen functional groups attached to an aromatic ring is 1. The predicted octanol–water partition coefficient (Wildman–Crippen LogP) is 1.22. The van der Waals surface area contributed by atoms with Gasteiger partial charge in [0.15, 0.2) is 0 Å². The molecule has 106 valence electrons. The van der Waals surface area contributed by atoms with Gasteiger partial charge >= 0.3 is 0 Å². The van der Waals surface area contributed by atoms with Crippen molar-refractivity contribution in [2.24, 2.45) is 0 Å². The van der Waals surface area contributed by atoms with Crippen molar-refractivity contribution < 1.29 is 9.90 Å². The zero-order valence-electron chi connectivity index (χ0n) is 12.0. The first-order valence-electron chi connectivity index (χ1n) is 6.37. The molecule has 0 spiro atoms. The highest BCUT2D eigenvalue weighted by Crippen LogP contribution is 2.20. The molecule has 0 aliphatic rings. The molecule has 0 saturated carbocycles. The Morgan fingerprint density at radius 1 is 1.47 bits per heavy atom. The zero-order chi connectivity index (χ0) is 14.6. The second-order valence-corrected chi connectivity index (χ2v) is 4.97. The van der Waals surface area contributed by atoms with E-state index >= 15 is 0 Å². The second-order valence-electron chi connectivity index (χ2n) is 4.97. The van der Waals surface area contributed by atoms with Crippen molar-refractivity contribution >= 4 is 17.3 Å². The quantitative estimate of drug-likeness (QED) is 0.699. The number of nitrogens with two attached hydrogens (primary N) is 1. The molecule has 0 aromatic heterocycles. The van der Waals surface area contributed by atoms with E-state index in [1.54, 1.807) is 19.9 Å².